The normalized spacial score (nSPS) is 23.3. The second-order valence-corrected chi connectivity index (χ2v) is 8.73. The summed E-state index contributed by atoms with van der Waals surface area (Å²) in [5, 5.41) is 0. The minimum absolute atomic E-state index is 0.0296. The highest BCUT2D eigenvalue weighted by Gasteiger charge is 2.33. The highest BCUT2D eigenvalue weighted by Crippen LogP contribution is 2.31. The van der Waals surface area contributed by atoms with E-state index in [1.165, 1.54) is 0 Å². The van der Waals surface area contributed by atoms with E-state index in [-0.39, 0.29) is 11.9 Å². The molecule has 1 saturated carbocycles. The number of morpholine rings is 1. The Bertz CT molecular complexity index is 602. The number of nitrogens with zero attached hydrogens (tertiary/aromatic N) is 2. The molecule has 2 aliphatic rings. The fraction of sp³-hybridized carbons (Fsp3) is 0.647. The predicted molar refractivity (Wildman–Crippen MR) is 90.6 cm³/mol. The van der Waals surface area contributed by atoms with Crippen molar-refractivity contribution in [1.82, 2.24) is 9.21 Å². The number of ether oxygens (including phenoxy) is 1. The molecule has 23 heavy (non-hydrogen) atoms. The third kappa shape index (κ3) is 5.01. The van der Waals surface area contributed by atoms with Gasteiger partial charge >= 0.3 is 0 Å². The average Bonchev–Trinajstić information content (AvgIpc) is 3.31. The highest BCUT2D eigenvalue weighted by molar-refractivity contribution is 7.88. The van der Waals surface area contributed by atoms with E-state index < -0.39 is 10.0 Å². The molecule has 128 valence electrons. The molecule has 1 heterocycles. The first-order chi connectivity index (χ1) is 11.0. The van der Waals surface area contributed by atoms with Gasteiger partial charge in [-0.05, 0) is 31.4 Å². The van der Waals surface area contributed by atoms with E-state index in [2.05, 4.69) is 11.9 Å². The molecule has 0 spiro atoms. The molecule has 0 aromatic heterocycles. The number of hydrogen-bond acceptors (Lipinski definition) is 4. The molecule has 1 aromatic rings. The van der Waals surface area contributed by atoms with Crippen LogP contribution in [-0.4, -0.2) is 63.6 Å². The van der Waals surface area contributed by atoms with Crippen molar-refractivity contribution in [2.75, 3.05) is 39.8 Å². The lowest BCUT2D eigenvalue weighted by atomic mass is 10.2. The fourth-order valence-electron chi connectivity index (χ4n) is 2.97. The van der Waals surface area contributed by atoms with Crippen molar-refractivity contribution in [1.29, 1.82) is 0 Å². The minimum atomic E-state index is -3.31. The molecule has 2 fully saturated rings. The van der Waals surface area contributed by atoms with Crippen molar-refractivity contribution >= 4 is 10.0 Å². The van der Waals surface area contributed by atoms with Crippen LogP contribution in [0.1, 0.15) is 18.4 Å². The van der Waals surface area contributed by atoms with E-state index in [0.29, 0.717) is 25.6 Å². The molecule has 0 radical (unpaired) electrons. The Labute approximate surface area is 139 Å². The summed E-state index contributed by atoms with van der Waals surface area (Å²) in [6, 6.07) is 9.42. The summed E-state index contributed by atoms with van der Waals surface area (Å²) in [4.78, 5) is 2.20. The maximum absolute atomic E-state index is 12.9. The summed E-state index contributed by atoms with van der Waals surface area (Å²) >= 11 is 0. The molecule has 1 atom stereocenters. The lowest BCUT2D eigenvalue weighted by Crippen LogP contribution is -2.48. The summed E-state index contributed by atoms with van der Waals surface area (Å²) in [5.41, 5.74) is 0.843. The Kier molecular flexibility index (Phi) is 5.36. The Morgan fingerprint density at radius 1 is 1.22 bits per heavy atom. The van der Waals surface area contributed by atoms with Crippen molar-refractivity contribution < 1.29 is 13.2 Å². The number of rotatable bonds is 7. The molecule has 0 amide bonds. The molecule has 1 unspecified atom stereocenters. The second kappa shape index (κ2) is 7.30. The Hall–Kier alpha value is -0.950. The largest absolute Gasteiger partial charge is 0.374 e. The zero-order valence-electron chi connectivity index (χ0n) is 13.7. The minimum Gasteiger partial charge on any atom is -0.374 e. The maximum Gasteiger partial charge on any atom is 0.218 e. The van der Waals surface area contributed by atoms with Gasteiger partial charge in [0.1, 0.15) is 0 Å². The first kappa shape index (κ1) is 16.9. The predicted octanol–water partition coefficient (Wildman–Crippen LogP) is 1.56. The summed E-state index contributed by atoms with van der Waals surface area (Å²) in [5.74, 6) is 0.602. The van der Waals surface area contributed by atoms with Gasteiger partial charge in [-0.2, -0.15) is 4.31 Å². The van der Waals surface area contributed by atoms with Crippen LogP contribution in [0.2, 0.25) is 0 Å². The van der Waals surface area contributed by atoms with Crippen molar-refractivity contribution in [3.63, 3.8) is 0 Å². The molecule has 0 N–H and O–H groups in total. The van der Waals surface area contributed by atoms with Gasteiger partial charge in [-0.1, -0.05) is 30.3 Å². The molecule has 1 saturated heterocycles. The summed E-state index contributed by atoms with van der Waals surface area (Å²) in [6.07, 6.45) is 2.25. The van der Waals surface area contributed by atoms with Crippen LogP contribution in [0.15, 0.2) is 30.3 Å². The van der Waals surface area contributed by atoms with Crippen molar-refractivity contribution in [2.24, 2.45) is 5.92 Å². The van der Waals surface area contributed by atoms with Crippen LogP contribution in [0.4, 0.5) is 0 Å². The summed E-state index contributed by atoms with van der Waals surface area (Å²) in [6.45, 7) is 3.49. The third-order valence-electron chi connectivity index (χ3n) is 4.49. The standard InChI is InChI=1S/C17H26N2O3S/c1-18-9-10-22-17(12-18)13-19(11-15-7-8-15)23(20,21)14-16-5-3-2-4-6-16/h2-6,15,17H,7-14H2,1H3. The lowest BCUT2D eigenvalue weighted by molar-refractivity contribution is -0.0268. The van der Waals surface area contributed by atoms with Crippen molar-refractivity contribution in [3.05, 3.63) is 35.9 Å². The van der Waals surface area contributed by atoms with E-state index in [9.17, 15) is 8.42 Å². The fourth-order valence-corrected chi connectivity index (χ4v) is 4.60. The first-order valence-electron chi connectivity index (χ1n) is 8.35. The van der Waals surface area contributed by atoms with E-state index in [0.717, 1.165) is 31.5 Å². The van der Waals surface area contributed by atoms with E-state index in [1.54, 1.807) is 4.31 Å². The topological polar surface area (TPSA) is 49.9 Å². The second-order valence-electron chi connectivity index (χ2n) is 6.76. The number of hydrogen-bond donors (Lipinski definition) is 0. The van der Waals surface area contributed by atoms with Gasteiger partial charge in [0.05, 0.1) is 18.5 Å². The van der Waals surface area contributed by atoms with Gasteiger partial charge in [0.15, 0.2) is 0 Å². The molecule has 5 nitrogen and oxygen atoms in total. The van der Waals surface area contributed by atoms with Crippen molar-refractivity contribution in [3.8, 4) is 0 Å². The SMILES string of the molecule is CN1CCOC(CN(CC2CC2)S(=O)(=O)Cc2ccccc2)C1. The van der Waals surface area contributed by atoms with E-state index in [1.807, 2.05) is 30.3 Å². The van der Waals surface area contributed by atoms with Gasteiger partial charge < -0.3 is 9.64 Å². The molecule has 0 bridgehead atoms. The van der Waals surface area contributed by atoms with Crippen molar-refractivity contribution in [2.45, 2.75) is 24.7 Å². The zero-order chi connectivity index (χ0) is 16.3. The smallest absolute Gasteiger partial charge is 0.218 e. The summed E-state index contributed by atoms with van der Waals surface area (Å²) in [7, 11) is -1.26. The van der Waals surface area contributed by atoms with Gasteiger partial charge in [-0.25, -0.2) is 8.42 Å². The van der Waals surface area contributed by atoms with Crippen LogP contribution in [0, 0.1) is 5.92 Å². The van der Waals surface area contributed by atoms with Crippen LogP contribution in [-0.2, 0) is 20.5 Å². The van der Waals surface area contributed by atoms with Gasteiger partial charge in [0.2, 0.25) is 10.0 Å². The molecule has 6 heteroatoms. The Morgan fingerprint density at radius 3 is 2.61 bits per heavy atom. The molecule has 1 aliphatic carbocycles. The van der Waals surface area contributed by atoms with Gasteiger partial charge in [0, 0.05) is 26.2 Å². The molecule has 1 aromatic carbocycles. The number of sulfonamides is 1. The van der Waals surface area contributed by atoms with Crippen LogP contribution >= 0.6 is 0 Å². The molecular weight excluding hydrogens is 312 g/mol. The van der Waals surface area contributed by atoms with Gasteiger partial charge in [-0.3, -0.25) is 0 Å². The zero-order valence-corrected chi connectivity index (χ0v) is 14.5. The summed E-state index contributed by atoms with van der Waals surface area (Å²) < 4.78 is 33.2. The quantitative estimate of drug-likeness (QED) is 0.757. The average molecular weight is 338 g/mol. The van der Waals surface area contributed by atoms with E-state index in [4.69, 9.17) is 4.74 Å². The Balaban J connectivity index is 1.69. The van der Waals surface area contributed by atoms with Crippen LogP contribution < -0.4 is 0 Å². The number of benzene rings is 1. The van der Waals surface area contributed by atoms with Crippen LogP contribution in [0.5, 0.6) is 0 Å². The number of likely N-dealkylation sites (N-methyl/N-ethyl adjacent to an activating group) is 1. The maximum atomic E-state index is 12.9. The van der Waals surface area contributed by atoms with Crippen LogP contribution in [0.3, 0.4) is 0 Å². The van der Waals surface area contributed by atoms with Crippen LogP contribution in [0.25, 0.3) is 0 Å². The molecule has 1 aliphatic heterocycles. The molecule has 3 rings (SSSR count). The lowest BCUT2D eigenvalue weighted by Gasteiger charge is -2.33. The first-order valence-corrected chi connectivity index (χ1v) is 9.96. The third-order valence-corrected chi connectivity index (χ3v) is 6.28. The highest BCUT2D eigenvalue weighted by atomic mass is 32.2. The Morgan fingerprint density at radius 2 is 1.96 bits per heavy atom. The monoisotopic (exact) mass is 338 g/mol. The molecular formula is C17H26N2O3S. The van der Waals surface area contributed by atoms with E-state index >= 15 is 0 Å². The van der Waals surface area contributed by atoms with Gasteiger partial charge in [0.25, 0.3) is 0 Å². The van der Waals surface area contributed by atoms with Gasteiger partial charge in [-0.15, -0.1) is 0 Å².